The van der Waals surface area contributed by atoms with Crippen LogP contribution in [-0.4, -0.2) is 6.61 Å². The number of para-hydroxylation sites is 2. The lowest BCUT2D eigenvalue weighted by Crippen LogP contribution is -2.05. The zero-order chi connectivity index (χ0) is 13.7. The van der Waals surface area contributed by atoms with Gasteiger partial charge in [0.25, 0.3) is 0 Å². The fourth-order valence-corrected chi connectivity index (χ4v) is 2.21. The monoisotopic (exact) mass is 255 g/mol. The summed E-state index contributed by atoms with van der Waals surface area (Å²) >= 11 is 0. The van der Waals surface area contributed by atoms with E-state index in [0.717, 1.165) is 18.0 Å². The van der Waals surface area contributed by atoms with Crippen LogP contribution in [0.4, 0.5) is 5.69 Å². The van der Waals surface area contributed by atoms with Crippen LogP contribution < -0.4 is 10.1 Å². The van der Waals surface area contributed by atoms with Crippen molar-refractivity contribution in [2.75, 3.05) is 11.9 Å². The highest BCUT2D eigenvalue weighted by Crippen LogP contribution is 2.25. The Hall–Kier alpha value is -1.96. The molecule has 0 aliphatic heterocycles. The van der Waals surface area contributed by atoms with Gasteiger partial charge in [-0.2, -0.15) is 0 Å². The molecule has 0 saturated heterocycles. The molecule has 0 spiro atoms. The fraction of sp³-hybridized carbons (Fsp3) is 0.294. The molecule has 100 valence electrons. The summed E-state index contributed by atoms with van der Waals surface area (Å²) in [6.07, 6.45) is 0. The van der Waals surface area contributed by atoms with Crippen LogP contribution >= 0.6 is 0 Å². The van der Waals surface area contributed by atoms with Crippen LogP contribution in [0.25, 0.3) is 0 Å². The zero-order valence-corrected chi connectivity index (χ0v) is 11.9. The molecule has 0 heterocycles. The first-order valence-electron chi connectivity index (χ1n) is 6.73. The largest absolute Gasteiger partial charge is 0.492 e. The molecule has 1 N–H and O–H groups in total. The lowest BCUT2D eigenvalue weighted by molar-refractivity contribution is 0.341. The Bertz CT molecular complexity index is 528. The van der Waals surface area contributed by atoms with E-state index in [1.165, 1.54) is 16.7 Å². The van der Waals surface area contributed by atoms with Crippen molar-refractivity contribution >= 4 is 5.69 Å². The first kappa shape index (κ1) is 13.5. The number of ether oxygens (including phenoxy) is 1. The van der Waals surface area contributed by atoms with E-state index in [0.29, 0.717) is 6.61 Å². The van der Waals surface area contributed by atoms with Crippen LogP contribution in [0.3, 0.4) is 0 Å². The summed E-state index contributed by atoms with van der Waals surface area (Å²) in [5.41, 5.74) is 5.04. The Kier molecular flexibility index (Phi) is 4.45. The van der Waals surface area contributed by atoms with Gasteiger partial charge in [0.2, 0.25) is 0 Å². The lowest BCUT2D eigenvalue weighted by Gasteiger charge is -2.14. The van der Waals surface area contributed by atoms with Crippen LogP contribution in [0.15, 0.2) is 42.5 Å². The molecule has 0 aliphatic rings. The Balaban J connectivity index is 2.15. The second-order valence-corrected chi connectivity index (χ2v) is 4.65. The Labute approximate surface area is 115 Å². The molecule has 2 aromatic rings. The third kappa shape index (κ3) is 3.28. The van der Waals surface area contributed by atoms with E-state index in [9.17, 15) is 0 Å². The quantitative estimate of drug-likeness (QED) is 0.859. The molecule has 0 amide bonds. The average Bonchev–Trinajstić information content (AvgIpc) is 2.40. The first-order chi connectivity index (χ1) is 9.22. The van der Waals surface area contributed by atoms with Gasteiger partial charge in [-0.05, 0) is 49.6 Å². The number of aryl methyl sites for hydroxylation is 2. The summed E-state index contributed by atoms with van der Waals surface area (Å²) in [4.78, 5) is 0. The number of hydrogen-bond donors (Lipinski definition) is 1. The second-order valence-electron chi connectivity index (χ2n) is 4.65. The summed E-state index contributed by atoms with van der Waals surface area (Å²) in [6, 6.07) is 14.5. The standard InChI is InChI=1S/C17H21NO/c1-4-19-17-11-6-5-10-16(17)18-12-15-13(2)8-7-9-14(15)3/h5-11,18H,4,12H2,1-3H3. The lowest BCUT2D eigenvalue weighted by atomic mass is 10.0. The minimum Gasteiger partial charge on any atom is -0.492 e. The van der Waals surface area contributed by atoms with Crippen molar-refractivity contribution in [1.29, 1.82) is 0 Å². The maximum absolute atomic E-state index is 5.62. The molecule has 0 aromatic heterocycles. The van der Waals surface area contributed by atoms with Crippen LogP contribution in [0.1, 0.15) is 23.6 Å². The van der Waals surface area contributed by atoms with E-state index in [1.54, 1.807) is 0 Å². The van der Waals surface area contributed by atoms with Gasteiger partial charge in [-0.25, -0.2) is 0 Å². The van der Waals surface area contributed by atoms with Gasteiger partial charge >= 0.3 is 0 Å². The minimum atomic E-state index is 0.683. The summed E-state index contributed by atoms with van der Waals surface area (Å²) in [7, 11) is 0. The number of hydrogen-bond acceptors (Lipinski definition) is 2. The average molecular weight is 255 g/mol. The van der Waals surface area contributed by atoms with Crippen LogP contribution in [-0.2, 0) is 6.54 Å². The Morgan fingerprint density at radius 1 is 0.947 bits per heavy atom. The third-order valence-corrected chi connectivity index (χ3v) is 3.29. The summed E-state index contributed by atoms with van der Waals surface area (Å²) < 4.78 is 5.62. The molecular weight excluding hydrogens is 234 g/mol. The highest BCUT2D eigenvalue weighted by molar-refractivity contribution is 5.56. The normalized spacial score (nSPS) is 10.3. The topological polar surface area (TPSA) is 21.3 Å². The smallest absolute Gasteiger partial charge is 0.142 e. The van der Waals surface area contributed by atoms with E-state index in [2.05, 4.69) is 43.4 Å². The van der Waals surface area contributed by atoms with Crippen molar-refractivity contribution in [2.24, 2.45) is 0 Å². The number of rotatable bonds is 5. The molecule has 0 unspecified atom stereocenters. The summed E-state index contributed by atoms with van der Waals surface area (Å²) in [6.45, 7) is 7.81. The van der Waals surface area contributed by atoms with Gasteiger partial charge in [-0.1, -0.05) is 30.3 Å². The molecule has 0 saturated carbocycles. The van der Waals surface area contributed by atoms with Gasteiger partial charge in [0.1, 0.15) is 5.75 Å². The second kappa shape index (κ2) is 6.28. The van der Waals surface area contributed by atoms with Gasteiger partial charge < -0.3 is 10.1 Å². The van der Waals surface area contributed by atoms with E-state index < -0.39 is 0 Å². The Morgan fingerprint density at radius 3 is 2.32 bits per heavy atom. The van der Waals surface area contributed by atoms with Crippen molar-refractivity contribution in [2.45, 2.75) is 27.3 Å². The predicted molar refractivity (Wildman–Crippen MR) is 80.9 cm³/mol. The number of nitrogens with one attached hydrogen (secondary N) is 1. The number of anilines is 1. The maximum Gasteiger partial charge on any atom is 0.142 e. The highest BCUT2D eigenvalue weighted by atomic mass is 16.5. The molecule has 0 fully saturated rings. The number of benzene rings is 2. The maximum atomic E-state index is 5.62. The minimum absolute atomic E-state index is 0.683. The predicted octanol–water partition coefficient (Wildman–Crippen LogP) is 4.31. The van der Waals surface area contributed by atoms with Gasteiger partial charge in [0, 0.05) is 6.54 Å². The summed E-state index contributed by atoms with van der Waals surface area (Å²) in [5, 5.41) is 3.47. The third-order valence-electron chi connectivity index (χ3n) is 3.29. The van der Waals surface area contributed by atoms with E-state index in [4.69, 9.17) is 4.74 Å². The molecule has 2 rings (SSSR count). The van der Waals surface area contributed by atoms with Crippen LogP contribution in [0, 0.1) is 13.8 Å². The highest BCUT2D eigenvalue weighted by Gasteiger charge is 2.05. The molecule has 2 nitrogen and oxygen atoms in total. The van der Waals surface area contributed by atoms with Gasteiger partial charge in [-0.15, -0.1) is 0 Å². The van der Waals surface area contributed by atoms with Crippen molar-refractivity contribution in [1.82, 2.24) is 0 Å². The van der Waals surface area contributed by atoms with Gasteiger partial charge in [-0.3, -0.25) is 0 Å². The van der Waals surface area contributed by atoms with Crippen LogP contribution in [0.5, 0.6) is 5.75 Å². The van der Waals surface area contributed by atoms with Crippen molar-refractivity contribution in [3.63, 3.8) is 0 Å². The molecule has 2 heteroatoms. The molecule has 0 bridgehead atoms. The van der Waals surface area contributed by atoms with Crippen molar-refractivity contribution in [3.05, 3.63) is 59.2 Å². The van der Waals surface area contributed by atoms with Crippen molar-refractivity contribution in [3.8, 4) is 5.75 Å². The molecule has 19 heavy (non-hydrogen) atoms. The van der Waals surface area contributed by atoms with Crippen LogP contribution in [0.2, 0.25) is 0 Å². The molecule has 0 aliphatic carbocycles. The molecule has 0 atom stereocenters. The molecule has 0 radical (unpaired) electrons. The van der Waals surface area contributed by atoms with Gasteiger partial charge in [0.15, 0.2) is 0 Å². The summed E-state index contributed by atoms with van der Waals surface area (Å²) in [5.74, 6) is 0.913. The van der Waals surface area contributed by atoms with E-state index in [1.807, 2.05) is 25.1 Å². The molecular formula is C17H21NO. The molecule has 2 aromatic carbocycles. The SMILES string of the molecule is CCOc1ccccc1NCc1c(C)cccc1C. The van der Waals surface area contributed by atoms with E-state index in [-0.39, 0.29) is 0 Å². The first-order valence-corrected chi connectivity index (χ1v) is 6.73. The van der Waals surface area contributed by atoms with E-state index >= 15 is 0 Å². The zero-order valence-electron chi connectivity index (χ0n) is 11.9. The van der Waals surface area contributed by atoms with Gasteiger partial charge in [0.05, 0.1) is 12.3 Å². The van der Waals surface area contributed by atoms with Crippen molar-refractivity contribution < 1.29 is 4.74 Å². The Morgan fingerprint density at radius 2 is 1.63 bits per heavy atom. The fourth-order valence-electron chi connectivity index (χ4n) is 2.21.